The minimum Gasteiger partial charge on any atom is -0.284 e. The Bertz CT molecular complexity index is 2670. The molecule has 57 heavy (non-hydrogen) atoms. The maximum atomic E-state index is 13.2. The summed E-state index contributed by atoms with van der Waals surface area (Å²) in [6, 6.07) is 26.1. The molecule has 22 heteroatoms. The highest BCUT2D eigenvalue weighted by Gasteiger charge is 2.36. The van der Waals surface area contributed by atoms with E-state index in [-0.39, 0.29) is 39.7 Å². The molecule has 4 aromatic carbocycles. The summed E-state index contributed by atoms with van der Waals surface area (Å²) in [4.78, 5) is 10.2. The summed E-state index contributed by atoms with van der Waals surface area (Å²) in [5.74, 6) is 0. The number of nitro groups is 1. The van der Waals surface area contributed by atoms with Crippen molar-refractivity contribution in [2.24, 2.45) is 0 Å². The van der Waals surface area contributed by atoms with Crippen LogP contribution in [-0.2, 0) is 32.4 Å². The van der Waals surface area contributed by atoms with E-state index < -0.39 is 48.7 Å². The Hall–Kier alpha value is -6.73. The van der Waals surface area contributed by atoms with Gasteiger partial charge in [-0.15, -0.1) is 0 Å². The largest absolute Gasteiger partial charge is 0.435 e. The molecule has 0 bridgehead atoms. The molecule has 14 nitrogen and oxygen atoms in total. The predicted octanol–water partition coefficient (Wildman–Crippen LogP) is 7.64. The van der Waals surface area contributed by atoms with Crippen LogP contribution in [0, 0.1) is 21.4 Å². The molecule has 0 unspecified atom stereocenters. The topological polar surface area (TPSA) is 195 Å². The van der Waals surface area contributed by atoms with Crippen molar-refractivity contribution in [1.82, 2.24) is 19.6 Å². The van der Waals surface area contributed by atoms with Crippen LogP contribution in [-0.4, -0.2) is 53.8 Å². The van der Waals surface area contributed by atoms with Crippen molar-refractivity contribution in [3.8, 4) is 40.0 Å². The standard InChI is InChI=1S/C18H13F3N4O2S.C17H13F3N4O4S/c1-28(26,27)24-14-6-8-15(9-7-14)25-16(10-17(23-25)18(19,20)21)13-4-2-12(11-22)3-5-13;1-29(27,28)22-12-4-8-13(9-5-12)23-15(10-16(21-23)17(18,19)20)11-2-6-14(7-3-11)24(25)26/h2-10,24H,1H3;2-10,22H,1H3. The zero-order valence-electron chi connectivity index (χ0n) is 29.1. The second-order valence-electron chi connectivity index (χ2n) is 12.0. The molecule has 0 fully saturated rings. The van der Waals surface area contributed by atoms with Crippen molar-refractivity contribution in [2.45, 2.75) is 12.4 Å². The average Bonchev–Trinajstić information content (AvgIpc) is 3.78. The summed E-state index contributed by atoms with van der Waals surface area (Å²) in [5, 5.41) is 27.0. The van der Waals surface area contributed by atoms with Crippen molar-refractivity contribution >= 4 is 37.1 Å². The molecule has 2 aromatic heterocycles. The van der Waals surface area contributed by atoms with Crippen LogP contribution in [0.3, 0.4) is 0 Å². The molecule has 296 valence electrons. The number of anilines is 2. The summed E-state index contributed by atoms with van der Waals surface area (Å²) in [6.45, 7) is 0. The summed E-state index contributed by atoms with van der Waals surface area (Å²) in [5.41, 5.74) is 0.0185. The normalized spacial score (nSPS) is 11.9. The van der Waals surface area contributed by atoms with Gasteiger partial charge in [0.2, 0.25) is 20.0 Å². The van der Waals surface area contributed by atoms with E-state index in [1.807, 2.05) is 6.07 Å². The van der Waals surface area contributed by atoms with E-state index in [1.165, 1.54) is 97.1 Å². The number of aromatic nitrogens is 4. The van der Waals surface area contributed by atoms with Crippen LogP contribution in [0.2, 0.25) is 0 Å². The number of sulfonamides is 2. The predicted molar refractivity (Wildman–Crippen MR) is 196 cm³/mol. The Morgan fingerprint density at radius 1 is 0.632 bits per heavy atom. The number of non-ortho nitro benzene ring substituents is 1. The maximum absolute atomic E-state index is 13.2. The maximum Gasteiger partial charge on any atom is 0.435 e. The number of nitrogens with one attached hydrogen (secondary N) is 2. The number of nitriles is 1. The molecule has 6 aromatic rings. The number of nitrogens with zero attached hydrogens (tertiary/aromatic N) is 6. The number of alkyl halides is 6. The van der Waals surface area contributed by atoms with Crippen molar-refractivity contribution < 1.29 is 48.1 Å². The third-order valence-corrected chi connectivity index (χ3v) is 8.73. The highest BCUT2D eigenvalue weighted by molar-refractivity contribution is 7.92. The number of benzene rings is 4. The van der Waals surface area contributed by atoms with Gasteiger partial charge in [-0.1, -0.05) is 12.1 Å². The molecule has 0 radical (unpaired) electrons. The van der Waals surface area contributed by atoms with Gasteiger partial charge in [-0.2, -0.15) is 41.8 Å². The first-order valence-electron chi connectivity index (χ1n) is 15.8. The van der Waals surface area contributed by atoms with Crippen molar-refractivity contribution in [1.29, 1.82) is 5.26 Å². The fourth-order valence-electron chi connectivity index (χ4n) is 5.08. The zero-order chi connectivity index (χ0) is 41.9. The number of rotatable bonds is 9. The van der Waals surface area contributed by atoms with E-state index in [1.54, 1.807) is 0 Å². The molecule has 0 aliphatic heterocycles. The lowest BCUT2D eigenvalue weighted by Gasteiger charge is -2.09. The Balaban J connectivity index is 0.000000218. The third kappa shape index (κ3) is 10.7. The molecular weight excluding hydrogens is 807 g/mol. The van der Waals surface area contributed by atoms with Crippen molar-refractivity contribution in [3.05, 3.63) is 136 Å². The van der Waals surface area contributed by atoms with E-state index in [4.69, 9.17) is 5.26 Å². The first kappa shape index (κ1) is 41.4. The van der Waals surface area contributed by atoms with Crippen LogP contribution >= 0.6 is 0 Å². The minimum absolute atomic E-state index is 0.0658. The summed E-state index contributed by atoms with van der Waals surface area (Å²) >= 11 is 0. The molecule has 0 amide bonds. The van der Waals surface area contributed by atoms with Gasteiger partial charge in [0.1, 0.15) is 0 Å². The van der Waals surface area contributed by atoms with Gasteiger partial charge in [-0.05, 0) is 84.9 Å². The second-order valence-corrected chi connectivity index (χ2v) is 15.5. The Labute approximate surface area is 319 Å². The highest BCUT2D eigenvalue weighted by Crippen LogP contribution is 2.35. The average molecular weight is 833 g/mol. The highest BCUT2D eigenvalue weighted by atomic mass is 32.2. The van der Waals surface area contributed by atoms with Gasteiger partial charge in [-0.3, -0.25) is 19.6 Å². The summed E-state index contributed by atoms with van der Waals surface area (Å²) < 4.78 is 131. The first-order chi connectivity index (χ1) is 26.5. The lowest BCUT2D eigenvalue weighted by atomic mass is 10.1. The lowest BCUT2D eigenvalue weighted by Crippen LogP contribution is -2.10. The van der Waals surface area contributed by atoms with Crippen LogP contribution < -0.4 is 9.44 Å². The van der Waals surface area contributed by atoms with E-state index in [9.17, 15) is 53.3 Å². The molecule has 0 aliphatic carbocycles. The molecule has 0 saturated heterocycles. The Morgan fingerprint density at radius 2 is 0.982 bits per heavy atom. The summed E-state index contributed by atoms with van der Waals surface area (Å²) in [7, 11) is -6.98. The minimum atomic E-state index is -4.70. The van der Waals surface area contributed by atoms with Gasteiger partial charge < -0.3 is 0 Å². The molecule has 2 N–H and O–H groups in total. The van der Waals surface area contributed by atoms with Gasteiger partial charge in [0.25, 0.3) is 5.69 Å². The van der Waals surface area contributed by atoms with Crippen molar-refractivity contribution in [3.63, 3.8) is 0 Å². The van der Waals surface area contributed by atoms with Crippen LogP contribution in [0.25, 0.3) is 33.9 Å². The fourth-order valence-corrected chi connectivity index (χ4v) is 6.21. The van der Waals surface area contributed by atoms with Crippen LogP contribution in [0.4, 0.5) is 43.4 Å². The van der Waals surface area contributed by atoms with Crippen molar-refractivity contribution in [2.75, 3.05) is 22.0 Å². The number of halogens is 6. The third-order valence-electron chi connectivity index (χ3n) is 7.51. The quantitative estimate of drug-likeness (QED) is 0.0836. The molecule has 0 spiro atoms. The second kappa shape index (κ2) is 15.8. The smallest absolute Gasteiger partial charge is 0.284 e. The van der Waals surface area contributed by atoms with Gasteiger partial charge in [-0.25, -0.2) is 26.2 Å². The van der Waals surface area contributed by atoms with Crippen LogP contribution in [0.15, 0.2) is 109 Å². The zero-order valence-corrected chi connectivity index (χ0v) is 30.7. The van der Waals surface area contributed by atoms with Gasteiger partial charge >= 0.3 is 12.4 Å². The van der Waals surface area contributed by atoms with Gasteiger partial charge in [0.05, 0.1) is 51.8 Å². The fraction of sp³-hybridized carbons (Fsp3) is 0.114. The molecule has 0 aliphatic rings. The molecule has 2 heterocycles. The number of hydrogen-bond donors (Lipinski definition) is 2. The van der Waals surface area contributed by atoms with E-state index in [0.29, 0.717) is 16.8 Å². The molecular formula is C35H26F6N8O6S2. The van der Waals surface area contributed by atoms with E-state index in [0.717, 1.165) is 34.0 Å². The van der Waals surface area contributed by atoms with Gasteiger partial charge in [0.15, 0.2) is 11.4 Å². The monoisotopic (exact) mass is 832 g/mol. The van der Waals surface area contributed by atoms with Crippen LogP contribution in [0.1, 0.15) is 17.0 Å². The molecule has 6 rings (SSSR count). The molecule has 0 saturated carbocycles. The van der Waals surface area contributed by atoms with Gasteiger partial charge in [0, 0.05) is 34.6 Å². The van der Waals surface area contributed by atoms with E-state index >= 15 is 0 Å². The Kier molecular flexibility index (Phi) is 11.5. The number of nitro benzene ring substituents is 1. The molecule has 0 atom stereocenters. The lowest BCUT2D eigenvalue weighted by molar-refractivity contribution is -0.384. The van der Waals surface area contributed by atoms with E-state index in [2.05, 4.69) is 19.6 Å². The SMILES string of the molecule is CS(=O)(=O)Nc1ccc(-n2nc(C(F)(F)F)cc2-c2ccc(C#N)cc2)cc1.CS(=O)(=O)Nc1ccc(-n2nc(C(F)(F)F)cc2-c2ccc([N+](=O)[O-])cc2)cc1. The summed E-state index contributed by atoms with van der Waals surface area (Å²) in [6.07, 6.45) is -7.37. The Morgan fingerprint density at radius 3 is 1.28 bits per heavy atom. The van der Waals surface area contributed by atoms with Crippen LogP contribution in [0.5, 0.6) is 0 Å². The first-order valence-corrected chi connectivity index (χ1v) is 19.6. The number of hydrogen-bond acceptors (Lipinski definition) is 9.